The van der Waals surface area contributed by atoms with Gasteiger partial charge in [-0.1, -0.05) is 30.0 Å². The molecule has 3 aromatic heterocycles. The highest BCUT2D eigenvalue weighted by atomic mass is 32.2. The monoisotopic (exact) mass is 370 g/mol. The number of hydrogen-bond acceptors (Lipinski definition) is 7. The topological polar surface area (TPSA) is 73.8 Å². The van der Waals surface area contributed by atoms with Crippen LogP contribution in [-0.2, 0) is 12.3 Å². The zero-order valence-electron chi connectivity index (χ0n) is 13.4. The Balaban J connectivity index is 1.59. The van der Waals surface area contributed by atoms with Crippen LogP contribution in [0.4, 0.5) is 0 Å². The zero-order chi connectivity index (χ0) is 17.2. The third-order valence-corrected chi connectivity index (χ3v) is 5.59. The minimum Gasteiger partial charge on any atom is -0.423 e. The first kappa shape index (κ1) is 16.0. The average molecular weight is 370 g/mol. The van der Waals surface area contributed by atoms with Crippen molar-refractivity contribution in [3.05, 3.63) is 68.2 Å². The number of tetrazole rings is 1. The Morgan fingerprint density at radius 2 is 2.20 bits per heavy atom. The van der Waals surface area contributed by atoms with Gasteiger partial charge in [-0.2, -0.15) is 0 Å². The van der Waals surface area contributed by atoms with Crippen LogP contribution in [0.25, 0.3) is 11.0 Å². The molecule has 126 valence electrons. The van der Waals surface area contributed by atoms with Crippen LogP contribution < -0.4 is 5.63 Å². The van der Waals surface area contributed by atoms with Gasteiger partial charge < -0.3 is 4.42 Å². The van der Waals surface area contributed by atoms with Crippen LogP contribution in [0.2, 0.25) is 0 Å². The molecule has 0 atom stereocenters. The second kappa shape index (κ2) is 6.81. The maximum Gasteiger partial charge on any atom is 0.336 e. The second-order valence-corrected chi connectivity index (χ2v) is 7.55. The van der Waals surface area contributed by atoms with E-state index in [-0.39, 0.29) is 5.63 Å². The molecule has 0 aliphatic heterocycles. The number of thiophene rings is 1. The Morgan fingerprint density at radius 3 is 3.04 bits per heavy atom. The van der Waals surface area contributed by atoms with Gasteiger partial charge in [0.05, 0.1) is 6.54 Å². The van der Waals surface area contributed by atoms with Crippen LogP contribution in [0.15, 0.2) is 56.1 Å². The summed E-state index contributed by atoms with van der Waals surface area (Å²) in [5.74, 6) is 0.593. The molecule has 0 aliphatic rings. The van der Waals surface area contributed by atoms with Crippen LogP contribution >= 0.6 is 23.1 Å². The van der Waals surface area contributed by atoms with Crippen molar-refractivity contribution >= 4 is 34.1 Å². The van der Waals surface area contributed by atoms with E-state index in [2.05, 4.69) is 21.6 Å². The molecular formula is C17H14N4O2S2. The van der Waals surface area contributed by atoms with Gasteiger partial charge in [-0.05, 0) is 46.0 Å². The van der Waals surface area contributed by atoms with E-state index in [4.69, 9.17) is 4.42 Å². The highest BCUT2D eigenvalue weighted by Crippen LogP contribution is 2.26. The van der Waals surface area contributed by atoms with E-state index in [0.29, 0.717) is 17.9 Å². The molecule has 0 spiro atoms. The van der Waals surface area contributed by atoms with Gasteiger partial charge >= 0.3 is 5.63 Å². The van der Waals surface area contributed by atoms with Crippen molar-refractivity contribution in [1.82, 2.24) is 20.2 Å². The molecule has 0 N–H and O–H groups in total. The molecule has 1 aromatic carbocycles. The van der Waals surface area contributed by atoms with Crippen molar-refractivity contribution in [1.29, 1.82) is 0 Å². The number of benzene rings is 1. The van der Waals surface area contributed by atoms with Gasteiger partial charge in [0.15, 0.2) is 0 Å². The molecule has 6 nitrogen and oxygen atoms in total. The van der Waals surface area contributed by atoms with E-state index in [1.165, 1.54) is 22.7 Å². The van der Waals surface area contributed by atoms with Gasteiger partial charge in [0, 0.05) is 22.1 Å². The first-order valence-electron chi connectivity index (χ1n) is 7.64. The summed E-state index contributed by atoms with van der Waals surface area (Å²) in [6.45, 7) is 2.61. The van der Waals surface area contributed by atoms with E-state index < -0.39 is 0 Å². The van der Waals surface area contributed by atoms with Crippen molar-refractivity contribution in [2.75, 3.05) is 0 Å². The predicted octanol–water partition coefficient (Wildman–Crippen LogP) is 3.49. The van der Waals surface area contributed by atoms with Gasteiger partial charge in [-0.3, -0.25) is 0 Å². The highest BCUT2D eigenvalue weighted by molar-refractivity contribution is 7.98. The first-order valence-corrected chi connectivity index (χ1v) is 9.50. The molecule has 0 aliphatic carbocycles. The van der Waals surface area contributed by atoms with Crippen molar-refractivity contribution in [3.63, 3.8) is 0 Å². The Kier molecular flexibility index (Phi) is 4.37. The van der Waals surface area contributed by atoms with Crippen LogP contribution in [0.5, 0.6) is 0 Å². The van der Waals surface area contributed by atoms with Gasteiger partial charge in [0.1, 0.15) is 5.58 Å². The van der Waals surface area contributed by atoms with Crippen molar-refractivity contribution < 1.29 is 4.42 Å². The SMILES string of the molecule is Cc1ccc2c(CSc3nnnn3Cc3cccs3)cc(=O)oc2c1. The maximum atomic E-state index is 11.8. The quantitative estimate of drug-likeness (QED) is 0.395. The fourth-order valence-corrected chi connectivity index (χ4v) is 4.10. The number of hydrogen-bond donors (Lipinski definition) is 0. The second-order valence-electron chi connectivity index (χ2n) is 5.58. The van der Waals surface area contributed by atoms with Crippen molar-refractivity contribution in [3.8, 4) is 0 Å². The number of thioether (sulfide) groups is 1. The van der Waals surface area contributed by atoms with Crippen molar-refractivity contribution in [2.45, 2.75) is 24.4 Å². The van der Waals surface area contributed by atoms with E-state index in [1.54, 1.807) is 16.0 Å². The summed E-state index contributed by atoms with van der Waals surface area (Å²) in [5, 5.41) is 15.6. The van der Waals surface area contributed by atoms with Crippen LogP contribution in [0, 0.1) is 6.92 Å². The van der Waals surface area contributed by atoms with E-state index in [1.807, 2.05) is 36.6 Å². The van der Waals surface area contributed by atoms with E-state index in [9.17, 15) is 4.79 Å². The Labute approximate surface area is 151 Å². The first-order chi connectivity index (χ1) is 12.2. The lowest BCUT2D eigenvalue weighted by Crippen LogP contribution is -2.03. The predicted molar refractivity (Wildman–Crippen MR) is 98.0 cm³/mol. The standard InChI is InChI=1S/C17H14N4O2S2/c1-11-4-5-14-12(8-16(22)23-15(14)7-11)10-25-17-18-19-20-21(17)9-13-3-2-6-24-13/h2-8H,9-10H2,1H3. The largest absolute Gasteiger partial charge is 0.423 e. The molecule has 0 radical (unpaired) electrons. The molecule has 0 saturated heterocycles. The molecule has 4 aromatic rings. The number of nitrogens with zero attached hydrogens (tertiary/aromatic N) is 4. The Morgan fingerprint density at radius 1 is 1.28 bits per heavy atom. The lowest BCUT2D eigenvalue weighted by Gasteiger charge is -2.06. The van der Waals surface area contributed by atoms with Crippen LogP contribution in [-0.4, -0.2) is 20.2 Å². The molecule has 8 heteroatoms. The third-order valence-electron chi connectivity index (χ3n) is 3.73. The molecule has 0 fully saturated rings. The summed E-state index contributed by atoms with van der Waals surface area (Å²) < 4.78 is 7.08. The number of aryl methyl sites for hydroxylation is 1. The molecule has 0 unspecified atom stereocenters. The zero-order valence-corrected chi connectivity index (χ0v) is 15.0. The van der Waals surface area contributed by atoms with Crippen molar-refractivity contribution in [2.24, 2.45) is 0 Å². The lowest BCUT2D eigenvalue weighted by atomic mass is 10.1. The van der Waals surface area contributed by atoms with Crippen LogP contribution in [0.1, 0.15) is 16.0 Å². The fraction of sp³-hybridized carbons (Fsp3) is 0.176. The highest BCUT2D eigenvalue weighted by Gasteiger charge is 2.11. The molecule has 0 amide bonds. The minimum absolute atomic E-state index is 0.341. The molecule has 4 rings (SSSR count). The van der Waals surface area contributed by atoms with E-state index in [0.717, 1.165) is 21.7 Å². The lowest BCUT2D eigenvalue weighted by molar-refractivity contribution is 0.559. The molecule has 0 bridgehead atoms. The van der Waals surface area contributed by atoms with Gasteiger partial charge in [-0.25, -0.2) is 9.48 Å². The Bertz CT molecular complexity index is 1070. The number of aromatic nitrogens is 4. The normalized spacial score (nSPS) is 11.2. The number of fused-ring (bicyclic) bond motifs is 1. The third kappa shape index (κ3) is 3.49. The average Bonchev–Trinajstić information content (AvgIpc) is 3.24. The summed E-state index contributed by atoms with van der Waals surface area (Å²) in [5.41, 5.74) is 2.25. The number of rotatable bonds is 5. The molecule has 3 heterocycles. The summed E-state index contributed by atoms with van der Waals surface area (Å²) in [7, 11) is 0. The van der Waals surface area contributed by atoms with Gasteiger partial charge in [-0.15, -0.1) is 16.4 Å². The summed E-state index contributed by atoms with van der Waals surface area (Å²) in [4.78, 5) is 13.0. The fourth-order valence-electron chi connectivity index (χ4n) is 2.55. The molecule has 0 saturated carbocycles. The summed E-state index contributed by atoms with van der Waals surface area (Å²) in [6.07, 6.45) is 0. The Hall–Kier alpha value is -2.45. The maximum absolute atomic E-state index is 11.8. The van der Waals surface area contributed by atoms with E-state index >= 15 is 0 Å². The van der Waals surface area contributed by atoms with Gasteiger partial charge in [0.2, 0.25) is 5.16 Å². The minimum atomic E-state index is -0.341. The molecular weight excluding hydrogens is 356 g/mol. The van der Waals surface area contributed by atoms with Crippen LogP contribution in [0.3, 0.4) is 0 Å². The molecule has 25 heavy (non-hydrogen) atoms. The summed E-state index contributed by atoms with van der Waals surface area (Å²) >= 11 is 3.18. The smallest absolute Gasteiger partial charge is 0.336 e. The summed E-state index contributed by atoms with van der Waals surface area (Å²) in [6, 6.07) is 11.5. The van der Waals surface area contributed by atoms with Gasteiger partial charge in [0.25, 0.3) is 0 Å².